The van der Waals surface area contributed by atoms with Crippen LogP contribution >= 0.6 is 0 Å². The number of allylic oxidation sites excluding steroid dienone is 1. The summed E-state index contributed by atoms with van der Waals surface area (Å²) >= 11 is 0. The number of rotatable bonds is 5. The summed E-state index contributed by atoms with van der Waals surface area (Å²) in [6.07, 6.45) is 2.90. The number of nitrogens with two attached hydrogens (primary N) is 2. The number of hydrogen-bond donors (Lipinski definition) is 2. The molecule has 0 aliphatic heterocycles. The van der Waals surface area contributed by atoms with Crippen molar-refractivity contribution in [3.63, 3.8) is 0 Å². The molecule has 0 amide bonds. The Morgan fingerprint density at radius 2 is 1.94 bits per heavy atom. The van der Waals surface area contributed by atoms with E-state index in [0.29, 0.717) is 18.8 Å². The van der Waals surface area contributed by atoms with Crippen LogP contribution in [0.3, 0.4) is 0 Å². The van der Waals surface area contributed by atoms with Gasteiger partial charge in [-0.1, -0.05) is 20.8 Å². The molecule has 0 saturated carbocycles. The molecule has 0 fully saturated rings. The Morgan fingerprint density at radius 3 is 2.38 bits per heavy atom. The molecule has 94 valence electrons. The van der Waals surface area contributed by atoms with Gasteiger partial charge in [0.1, 0.15) is 0 Å². The van der Waals surface area contributed by atoms with Crippen molar-refractivity contribution >= 4 is 14.5 Å². The minimum atomic E-state index is -1.63. The second-order valence-corrected chi connectivity index (χ2v) is 10.1. The molecule has 0 atom stereocenters. The molecule has 0 aromatic heterocycles. The molecule has 0 aromatic rings. The van der Waals surface area contributed by atoms with E-state index < -0.39 is 8.32 Å². The van der Waals surface area contributed by atoms with E-state index in [1.807, 2.05) is 0 Å². The molecule has 0 bridgehead atoms. The third-order valence-corrected chi connectivity index (χ3v) is 7.46. The van der Waals surface area contributed by atoms with Gasteiger partial charge in [-0.15, -0.1) is 0 Å². The summed E-state index contributed by atoms with van der Waals surface area (Å²) in [6.45, 7) is 12.4. The first-order chi connectivity index (χ1) is 7.20. The minimum Gasteiger partial charge on any atom is -0.415 e. The maximum Gasteiger partial charge on any atom is 0.192 e. The number of nitrogens with zero attached hydrogens (tertiary/aromatic N) is 1. The Balaban J connectivity index is 3.96. The van der Waals surface area contributed by atoms with E-state index in [0.717, 1.165) is 0 Å². The fourth-order valence-corrected chi connectivity index (χ4v) is 1.82. The summed E-state index contributed by atoms with van der Waals surface area (Å²) in [5.41, 5.74) is 11.2. The van der Waals surface area contributed by atoms with Crippen LogP contribution in [0, 0.1) is 0 Å². The third kappa shape index (κ3) is 5.32. The monoisotopic (exact) mass is 243 g/mol. The Bertz CT molecular complexity index is 267. The van der Waals surface area contributed by atoms with Gasteiger partial charge in [0.05, 0.1) is 18.8 Å². The molecular formula is C11H25N3OSi. The zero-order valence-electron chi connectivity index (χ0n) is 11.1. The van der Waals surface area contributed by atoms with E-state index in [1.165, 1.54) is 6.20 Å². The molecule has 16 heavy (non-hydrogen) atoms. The van der Waals surface area contributed by atoms with Crippen molar-refractivity contribution in [2.24, 2.45) is 16.5 Å². The van der Waals surface area contributed by atoms with E-state index in [1.54, 1.807) is 6.21 Å². The zero-order valence-corrected chi connectivity index (χ0v) is 12.1. The fourth-order valence-electron chi connectivity index (χ4n) is 0.783. The lowest BCUT2D eigenvalue weighted by atomic mass is 10.2. The van der Waals surface area contributed by atoms with Gasteiger partial charge in [0.2, 0.25) is 0 Å². The summed E-state index contributed by atoms with van der Waals surface area (Å²) in [7, 11) is -1.63. The molecule has 0 aliphatic carbocycles. The highest BCUT2D eigenvalue weighted by atomic mass is 28.4. The predicted molar refractivity (Wildman–Crippen MR) is 73.0 cm³/mol. The maximum absolute atomic E-state index is 5.94. The Morgan fingerprint density at radius 1 is 1.38 bits per heavy atom. The van der Waals surface area contributed by atoms with E-state index in [9.17, 15) is 0 Å². The van der Waals surface area contributed by atoms with Crippen LogP contribution in [0.2, 0.25) is 18.1 Å². The second kappa shape index (κ2) is 6.05. The summed E-state index contributed by atoms with van der Waals surface area (Å²) in [6, 6.07) is 0. The molecule has 4 nitrogen and oxygen atoms in total. The molecule has 0 radical (unpaired) electrons. The highest BCUT2D eigenvalue weighted by Gasteiger charge is 2.36. The Hall–Kier alpha value is -0.813. The molecule has 0 saturated heterocycles. The van der Waals surface area contributed by atoms with E-state index in [2.05, 4.69) is 38.9 Å². The summed E-state index contributed by atoms with van der Waals surface area (Å²) in [4.78, 5) is 4.13. The first kappa shape index (κ1) is 15.2. The molecule has 0 aliphatic rings. The quantitative estimate of drug-likeness (QED) is 0.439. The molecule has 0 rings (SSSR count). The maximum atomic E-state index is 5.94. The topological polar surface area (TPSA) is 73.6 Å². The zero-order chi connectivity index (χ0) is 12.8. The SMILES string of the molecule is CC(C)(C)[Si](C)(C)OCCN=C/C(N)=C\N. The molecular weight excluding hydrogens is 218 g/mol. The van der Waals surface area contributed by atoms with Crippen LogP contribution in [0.15, 0.2) is 16.9 Å². The molecule has 0 spiro atoms. The highest BCUT2D eigenvalue weighted by Crippen LogP contribution is 2.36. The van der Waals surface area contributed by atoms with Gasteiger partial charge in [0.25, 0.3) is 0 Å². The first-order valence-electron chi connectivity index (χ1n) is 5.52. The van der Waals surface area contributed by atoms with Crippen LogP contribution in [-0.2, 0) is 4.43 Å². The second-order valence-electron chi connectivity index (χ2n) is 5.31. The van der Waals surface area contributed by atoms with Crippen molar-refractivity contribution in [3.05, 3.63) is 11.9 Å². The van der Waals surface area contributed by atoms with Gasteiger partial charge in [-0.2, -0.15) is 0 Å². The lowest BCUT2D eigenvalue weighted by molar-refractivity contribution is 0.298. The van der Waals surface area contributed by atoms with Gasteiger partial charge in [0, 0.05) is 12.4 Å². The van der Waals surface area contributed by atoms with Crippen molar-refractivity contribution < 1.29 is 4.43 Å². The van der Waals surface area contributed by atoms with Crippen molar-refractivity contribution in [1.29, 1.82) is 0 Å². The van der Waals surface area contributed by atoms with Crippen molar-refractivity contribution in [2.45, 2.75) is 38.9 Å². The molecule has 0 aromatic carbocycles. The lowest BCUT2D eigenvalue weighted by Crippen LogP contribution is -2.41. The summed E-state index contributed by atoms with van der Waals surface area (Å²) < 4.78 is 5.94. The molecule has 5 heteroatoms. The van der Waals surface area contributed by atoms with Crippen LogP contribution in [0.5, 0.6) is 0 Å². The van der Waals surface area contributed by atoms with Crippen LogP contribution in [0.1, 0.15) is 20.8 Å². The van der Waals surface area contributed by atoms with Gasteiger partial charge >= 0.3 is 0 Å². The summed E-state index contributed by atoms with van der Waals surface area (Å²) in [5.74, 6) is 0. The van der Waals surface area contributed by atoms with Gasteiger partial charge in [-0.3, -0.25) is 4.99 Å². The Labute approximate surface area is 99.9 Å². The highest BCUT2D eigenvalue weighted by molar-refractivity contribution is 6.74. The third-order valence-electron chi connectivity index (χ3n) is 2.92. The largest absolute Gasteiger partial charge is 0.415 e. The van der Waals surface area contributed by atoms with Crippen LogP contribution in [0.25, 0.3) is 0 Å². The van der Waals surface area contributed by atoms with E-state index in [4.69, 9.17) is 15.9 Å². The van der Waals surface area contributed by atoms with Gasteiger partial charge in [0.15, 0.2) is 8.32 Å². The fraction of sp³-hybridized carbons (Fsp3) is 0.727. The van der Waals surface area contributed by atoms with Crippen LogP contribution in [0.4, 0.5) is 0 Å². The van der Waals surface area contributed by atoms with Crippen LogP contribution in [-0.4, -0.2) is 27.7 Å². The molecule has 4 N–H and O–H groups in total. The van der Waals surface area contributed by atoms with E-state index >= 15 is 0 Å². The standard InChI is InChI=1S/C11H25N3OSi/c1-11(2,3)16(4,5)15-7-6-14-9-10(13)8-12/h8-9H,6-7,12-13H2,1-5H3/b10-8+,14-9?. The average molecular weight is 243 g/mol. The number of aliphatic imine (C=N–C) groups is 1. The smallest absolute Gasteiger partial charge is 0.192 e. The van der Waals surface area contributed by atoms with Gasteiger partial charge < -0.3 is 15.9 Å². The minimum absolute atomic E-state index is 0.243. The van der Waals surface area contributed by atoms with Crippen molar-refractivity contribution in [1.82, 2.24) is 0 Å². The van der Waals surface area contributed by atoms with Gasteiger partial charge in [-0.25, -0.2) is 0 Å². The molecule has 0 heterocycles. The predicted octanol–water partition coefficient (Wildman–Crippen LogP) is 1.84. The molecule has 0 unspecified atom stereocenters. The van der Waals surface area contributed by atoms with Gasteiger partial charge in [-0.05, 0) is 18.1 Å². The van der Waals surface area contributed by atoms with E-state index in [-0.39, 0.29) is 5.04 Å². The summed E-state index contributed by atoms with van der Waals surface area (Å²) in [5, 5.41) is 0.243. The Kier molecular flexibility index (Phi) is 5.75. The lowest BCUT2D eigenvalue weighted by Gasteiger charge is -2.35. The van der Waals surface area contributed by atoms with Crippen LogP contribution < -0.4 is 11.5 Å². The normalized spacial score (nSPS) is 14.7. The number of hydrogen-bond acceptors (Lipinski definition) is 4. The van der Waals surface area contributed by atoms with Crippen molar-refractivity contribution in [2.75, 3.05) is 13.2 Å². The van der Waals surface area contributed by atoms with Crippen molar-refractivity contribution in [3.8, 4) is 0 Å². The first-order valence-corrected chi connectivity index (χ1v) is 8.42. The average Bonchev–Trinajstić information content (AvgIpc) is 2.15.